The lowest BCUT2D eigenvalue weighted by atomic mass is 10.1. The lowest BCUT2D eigenvalue weighted by Crippen LogP contribution is -1.92. The van der Waals surface area contributed by atoms with Crippen molar-refractivity contribution in [3.05, 3.63) is 39.1 Å². The Morgan fingerprint density at radius 1 is 1.53 bits per heavy atom. The Hall–Kier alpha value is -1.18. The maximum absolute atomic E-state index is 9.01. The molecule has 0 aliphatic heterocycles. The van der Waals surface area contributed by atoms with Crippen LogP contribution in [0.4, 0.5) is 0 Å². The number of aromatic nitrogens is 1. The number of hydrogen-bond donors (Lipinski definition) is 0. The molecule has 2 aromatic rings. The molecule has 86 valence electrons. The first-order valence-electron chi connectivity index (χ1n) is 5.35. The van der Waals surface area contributed by atoms with E-state index in [1.54, 1.807) is 11.3 Å². The first-order valence-corrected chi connectivity index (χ1v) is 7.03. The summed E-state index contributed by atoms with van der Waals surface area (Å²) in [6, 6.07) is 10.3. The van der Waals surface area contributed by atoms with Crippen LogP contribution in [0.3, 0.4) is 0 Å². The molecule has 0 fully saturated rings. The van der Waals surface area contributed by atoms with Gasteiger partial charge in [0.05, 0.1) is 17.7 Å². The number of thiazole rings is 1. The quantitative estimate of drug-likeness (QED) is 0.831. The molecule has 0 amide bonds. The van der Waals surface area contributed by atoms with E-state index in [9.17, 15) is 0 Å². The summed E-state index contributed by atoms with van der Waals surface area (Å²) in [6.07, 6.45) is 0.807. The standard InChI is InChI=1S/C13H11BrN2S/c1-2-9(7-15)13-16-12(8-17-13)10-4-3-5-11(14)6-10/h3-6,8-9H,2H2,1H3. The Labute approximate surface area is 113 Å². The van der Waals surface area contributed by atoms with Gasteiger partial charge in [-0.25, -0.2) is 4.98 Å². The second-order valence-corrected chi connectivity index (χ2v) is 5.48. The van der Waals surface area contributed by atoms with Crippen LogP contribution in [0.25, 0.3) is 11.3 Å². The third kappa shape index (κ3) is 2.74. The van der Waals surface area contributed by atoms with Crippen molar-refractivity contribution in [2.75, 3.05) is 0 Å². The predicted octanol–water partition coefficient (Wildman–Crippen LogP) is 4.59. The maximum Gasteiger partial charge on any atom is 0.110 e. The summed E-state index contributed by atoms with van der Waals surface area (Å²) in [4.78, 5) is 4.54. The van der Waals surface area contributed by atoms with E-state index in [0.29, 0.717) is 0 Å². The topological polar surface area (TPSA) is 36.7 Å². The SMILES string of the molecule is CCC(C#N)c1nc(-c2cccc(Br)c2)cs1. The summed E-state index contributed by atoms with van der Waals surface area (Å²) in [5, 5.41) is 11.9. The Balaban J connectivity index is 2.33. The molecule has 1 atom stereocenters. The van der Waals surface area contributed by atoms with Gasteiger partial charge >= 0.3 is 0 Å². The highest BCUT2D eigenvalue weighted by molar-refractivity contribution is 9.10. The number of rotatable bonds is 3. The highest BCUT2D eigenvalue weighted by atomic mass is 79.9. The molecular formula is C13H11BrN2S. The van der Waals surface area contributed by atoms with Gasteiger partial charge in [0, 0.05) is 15.4 Å². The first kappa shape index (κ1) is 12.3. The molecule has 1 aromatic carbocycles. The van der Waals surface area contributed by atoms with Crippen molar-refractivity contribution in [1.29, 1.82) is 5.26 Å². The monoisotopic (exact) mass is 306 g/mol. The lowest BCUT2D eigenvalue weighted by molar-refractivity contribution is 0.810. The van der Waals surface area contributed by atoms with Crippen LogP contribution in [-0.4, -0.2) is 4.98 Å². The molecule has 1 aromatic heterocycles. The zero-order valence-corrected chi connectivity index (χ0v) is 11.8. The summed E-state index contributed by atoms with van der Waals surface area (Å²) in [5.41, 5.74) is 2.02. The Morgan fingerprint density at radius 2 is 2.35 bits per heavy atom. The Kier molecular flexibility index (Phi) is 3.93. The smallest absolute Gasteiger partial charge is 0.110 e. The molecule has 0 N–H and O–H groups in total. The highest BCUT2D eigenvalue weighted by Gasteiger charge is 2.13. The average Bonchev–Trinajstić information content (AvgIpc) is 2.80. The molecule has 2 nitrogen and oxygen atoms in total. The van der Waals surface area contributed by atoms with Crippen molar-refractivity contribution in [1.82, 2.24) is 4.98 Å². The summed E-state index contributed by atoms with van der Waals surface area (Å²) in [7, 11) is 0. The molecule has 0 saturated heterocycles. The van der Waals surface area contributed by atoms with Crippen LogP contribution >= 0.6 is 27.3 Å². The van der Waals surface area contributed by atoms with E-state index in [4.69, 9.17) is 5.26 Å². The van der Waals surface area contributed by atoms with Gasteiger partial charge in [0.1, 0.15) is 5.01 Å². The Morgan fingerprint density at radius 3 is 3.00 bits per heavy atom. The minimum absolute atomic E-state index is 0.0825. The summed E-state index contributed by atoms with van der Waals surface area (Å²) in [6.45, 7) is 2.01. The van der Waals surface area contributed by atoms with Gasteiger partial charge in [0.2, 0.25) is 0 Å². The van der Waals surface area contributed by atoms with Gasteiger partial charge in [-0.15, -0.1) is 11.3 Å². The van der Waals surface area contributed by atoms with Gasteiger partial charge in [-0.1, -0.05) is 35.0 Å². The van der Waals surface area contributed by atoms with E-state index in [0.717, 1.165) is 27.2 Å². The van der Waals surface area contributed by atoms with Gasteiger partial charge in [0.25, 0.3) is 0 Å². The van der Waals surface area contributed by atoms with E-state index in [1.807, 2.05) is 36.6 Å². The van der Waals surface area contributed by atoms with Gasteiger partial charge < -0.3 is 0 Å². The summed E-state index contributed by atoms with van der Waals surface area (Å²) >= 11 is 5.00. The fraction of sp³-hybridized carbons (Fsp3) is 0.231. The number of nitriles is 1. The van der Waals surface area contributed by atoms with E-state index < -0.39 is 0 Å². The van der Waals surface area contributed by atoms with Crippen molar-refractivity contribution in [2.45, 2.75) is 19.3 Å². The van der Waals surface area contributed by atoms with Gasteiger partial charge in [-0.2, -0.15) is 5.26 Å². The largest absolute Gasteiger partial charge is 0.240 e. The Bertz CT molecular complexity index is 557. The maximum atomic E-state index is 9.01. The summed E-state index contributed by atoms with van der Waals surface area (Å²) < 4.78 is 1.04. The second kappa shape index (κ2) is 5.44. The zero-order valence-electron chi connectivity index (χ0n) is 9.35. The third-order valence-electron chi connectivity index (χ3n) is 2.50. The zero-order chi connectivity index (χ0) is 12.3. The van der Waals surface area contributed by atoms with Crippen LogP contribution in [0.2, 0.25) is 0 Å². The molecule has 4 heteroatoms. The molecule has 1 unspecified atom stereocenters. The van der Waals surface area contributed by atoms with Gasteiger partial charge in [0.15, 0.2) is 0 Å². The molecule has 0 spiro atoms. The van der Waals surface area contributed by atoms with Crippen molar-refractivity contribution in [3.8, 4) is 17.3 Å². The fourth-order valence-electron chi connectivity index (χ4n) is 1.55. The van der Waals surface area contributed by atoms with Crippen molar-refractivity contribution in [3.63, 3.8) is 0 Å². The molecule has 0 bridgehead atoms. The number of hydrogen-bond acceptors (Lipinski definition) is 3. The molecule has 0 radical (unpaired) electrons. The minimum Gasteiger partial charge on any atom is -0.240 e. The molecule has 17 heavy (non-hydrogen) atoms. The minimum atomic E-state index is -0.0825. The van der Waals surface area contributed by atoms with Crippen LogP contribution < -0.4 is 0 Å². The molecular weight excluding hydrogens is 296 g/mol. The third-order valence-corrected chi connectivity index (χ3v) is 3.96. The lowest BCUT2D eigenvalue weighted by Gasteiger charge is -2.00. The molecule has 0 saturated carbocycles. The van der Waals surface area contributed by atoms with E-state index >= 15 is 0 Å². The first-order chi connectivity index (χ1) is 8.24. The number of halogens is 1. The van der Waals surface area contributed by atoms with Crippen LogP contribution in [0.1, 0.15) is 24.3 Å². The molecule has 1 heterocycles. The van der Waals surface area contributed by atoms with Crippen molar-refractivity contribution in [2.24, 2.45) is 0 Å². The second-order valence-electron chi connectivity index (χ2n) is 3.67. The van der Waals surface area contributed by atoms with E-state index in [1.165, 1.54) is 0 Å². The van der Waals surface area contributed by atoms with Crippen molar-refractivity contribution >= 4 is 27.3 Å². The summed E-state index contributed by atoms with van der Waals surface area (Å²) in [5.74, 6) is -0.0825. The highest BCUT2D eigenvalue weighted by Crippen LogP contribution is 2.28. The number of nitrogens with zero attached hydrogens (tertiary/aromatic N) is 2. The van der Waals surface area contributed by atoms with Crippen LogP contribution in [0, 0.1) is 11.3 Å². The van der Waals surface area contributed by atoms with Crippen LogP contribution in [0.5, 0.6) is 0 Å². The van der Waals surface area contributed by atoms with E-state index in [-0.39, 0.29) is 5.92 Å². The van der Waals surface area contributed by atoms with Crippen molar-refractivity contribution < 1.29 is 0 Å². The predicted molar refractivity (Wildman–Crippen MR) is 73.9 cm³/mol. The van der Waals surface area contributed by atoms with Crippen LogP contribution in [-0.2, 0) is 0 Å². The van der Waals surface area contributed by atoms with Gasteiger partial charge in [-0.05, 0) is 18.6 Å². The van der Waals surface area contributed by atoms with E-state index in [2.05, 4.69) is 27.0 Å². The van der Waals surface area contributed by atoms with Crippen LogP contribution in [0.15, 0.2) is 34.1 Å². The average molecular weight is 307 g/mol. The normalized spacial score (nSPS) is 12.1. The molecule has 2 rings (SSSR count). The number of benzene rings is 1. The molecule has 0 aliphatic rings. The molecule has 0 aliphatic carbocycles. The van der Waals surface area contributed by atoms with Gasteiger partial charge in [-0.3, -0.25) is 0 Å². The fourth-order valence-corrected chi connectivity index (χ4v) is 2.90.